The van der Waals surface area contributed by atoms with Crippen LogP contribution in [0, 0.1) is 6.92 Å². The minimum absolute atomic E-state index is 0.129. The summed E-state index contributed by atoms with van der Waals surface area (Å²) in [6, 6.07) is 19.6. The summed E-state index contributed by atoms with van der Waals surface area (Å²) in [5, 5.41) is 15.2. The maximum Gasteiger partial charge on any atom is 0.296 e. The number of anilines is 1. The van der Waals surface area contributed by atoms with Crippen molar-refractivity contribution in [2.45, 2.75) is 17.0 Å². The van der Waals surface area contributed by atoms with Gasteiger partial charge in [0.05, 0.1) is 0 Å². The molecule has 8 heteroatoms. The number of aryl methyl sites for hydroxylation is 1. The van der Waals surface area contributed by atoms with Crippen molar-refractivity contribution in [3.05, 3.63) is 77.6 Å². The molecule has 1 amide bonds. The molecule has 0 aliphatic rings. The number of hydrogen-bond acceptors (Lipinski definition) is 7. The van der Waals surface area contributed by atoms with Gasteiger partial charge in [-0.15, -0.1) is 10.2 Å². The fourth-order valence-electron chi connectivity index (χ4n) is 2.44. The highest BCUT2D eigenvalue weighted by atomic mass is 32.2. The van der Waals surface area contributed by atoms with E-state index in [1.54, 1.807) is 17.8 Å². The number of nitrogens with zero attached hydrogens (tertiary/aromatic N) is 3. The van der Waals surface area contributed by atoms with Crippen molar-refractivity contribution in [3.8, 4) is 11.3 Å². The largest absolute Gasteiger partial charge is 0.350 e. The summed E-state index contributed by atoms with van der Waals surface area (Å²) in [4.78, 5) is 12.4. The average Bonchev–Trinajstić information content (AvgIpc) is 3.38. The molecule has 0 saturated heterocycles. The highest BCUT2D eigenvalue weighted by Crippen LogP contribution is 2.28. The zero-order valence-corrected chi connectivity index (χ0v) is 16.6. The Hall–Kier alpha value is -2.97. The smallest absolute Gasteiger partial charge is 0.296 e. The molecule has 4 rings (SSSR count). The van der Waals surface area contributed by atoms with Crippen molar-refractivity contribution in [1.82, 2.24) is 15.4 Å². The van der Waals surface area contributed by atoms with Crippen LogP contribution in [0.15, 0.2) is 69.5 Å². The van der Waals surface area contributed by atoms with E-state index >= 15 is 0 Å². The molecule has 0 radical (unpaired) electrons. The standard InChI is InChI=1S/C20H16N4O2S2/c1-13-7-9-15(10-8-13)16-11-17(26-24-16)18(25)21-19-22-23-20(28-19)27-12-14-5-3-2-4-6-14/h2-11H,12H2,1H3,(H,21,22,25). The van der Waals surface area contributed by atoms with Gasteiger partial charge in [-0.3, -0.25) is 10.1 Å². The normalized spacial score (nSPS) is 10.8. The second-order valence-electron chi connectivity index (χ2n) is 6.04. The molecule has 6 nitrogen and oxygen atoms in total. The Labute approximate surface area is 170 Å². The van der Waals surface area contributed by atoms with Gasteiger partial charge in [0.1, 0.15) is 5.69 Å². The summed E-state index contributed by atoms with van der Waals surface area (Å²) in [6.45, 7) is 2.01. The van der Waals surface area contributed by atoms with E-state index in [4.69, 9.17) is 4.52 Å². The second-order valence-corrected chi connectivity index (χ2v) is 8.24. The molecule has 0 aliphatic heterocycles. The molecule has 0 spiro atoms. The van der Waals surface area contributed by atoms with E-state index in [0.29, 0.717) is 10.8 Å². The fraction of sp³-hybridized carbons (Fsp3) is 0.100. The average molecular weight is 409 g/mol. The number of carbonyl (C=O) groups is 1. The van der Waals surface area contributed by atoms with Gasteiger partial charge >= 0.3 is 0 Å². The first-order chi connectivity index (χ1) is 13.7. The van der Waals surface area contributed by atoms with E-state index in [-0.39, 0.29) is 5.76 Å². The van der Waals surface area contributed by atoms with E-state index in [1.807, 2.05) is 49.4 Å². The summed E-state index contributed by atoms with van der Waals surface area (Å²) in [6.07, 6.45) is 0. The van der Waals surface area contributed by atoms with Gasteiger partial charge in [0, 0.05) is 17.4 Å². The van der Waals surface area contributed by atoms with Gasteiger partial charge in [-0.25, -0.2) is 0 Å². The molecule has 0 unspecified atom stereocenters. The third-order valence-corrected chi connectivity index (χ3v) is 5.96. The Bertz CT molecular complexity index is 1080. The van der Waals surface area contributed by atoms with Gasteiger partial charge in [0.15, 0.2) is 4.34 Å². The third kappa shape index (κ3) is 4.47. The van der Waals surface area contributed by atoms with Crippen LogP contribution in [0.3, 0.4) is 0 Å². The molecular formula is C20H16N4O2S2. The Morgan fingerprint density at radius 2 is 1.89 bits per heavy atom. The molecule has 0 bridgehead atoms. The Morgan fingerprint density at radius 1 is 1.11 bits per heavy atom. The van der Waals surface area contributed by atoms with Crippen molar-refractivity contribution >= 4 is 34.1 Å². The quantitative estimate of drug-likeness (QED) is 0.355. The van der Waals surface area contributed by atoms with Gasteiger partial charge < -0.3 is 4.52 Å². The van der Waals surface area contributed by atoms with Gasteiger partial charge in [0.25, 0.3) is 5.91 Å². The summed E-state index contributed by atoms with van der Waals surface area (Å²) >= 11 is 2.90. The van der Waals surface area contributed by atoms with E-state index in [2.05, 4.69) is 32.8 Å². The Kier molecular flexibility index (Phi) is 5.50. The second kappa shape index (κ2) is 8.37. The lowest BCUT2D eigenvalue weighted by Gasteiger charge is -1.97. The van der Waals surface area contributed by atoms with Gasteiger partial charge in [-0.1, -0.05) is 88.4 Å². The highest BCUT2D eigenvalue weighted by Gasteiger charge is 2.16. The van der Waals surface area contributed by atoms with Crippen LogP contribution < -0.4 is 5.32 Å². The molecule has 4 aromatic rings. The SMILES string of the molecule is Cc1ccc(-c2cc(C(=O)Nc3nnc(SCc4ccccc4)s3)on2)cc1. The first-order valence-corrected chi connectivity index (χ1v) is 10.3. The number of nitrogens with one attached hydrogen (secondary N) is 1. The van der Waals surface area contributed by atoms with Crippen LogP contribution in [0.4, 0.5) is 5.13 Å². The molecule has 2 aromatic carbocycles. The number of carbonyl (C=O) groups excluding carboxylic acids is 1. The summed E-state index contributed by atoms with van der Waals surface area (Å²) in [5.74, 6) is 0.525. The van der Waals surface area contributed by atoms with Gasteiger partial charge in [0.2, 0.25) is 10.9 Å². The summed E-state index contributed by atoms with van der Waals surface area (Å²) < 4.78 is 5.97. The van der Waals surface area contributed by atoms with Gasteiger partial charge in [-0.2, -0.15) is 0 Å². The van der Waals surface area contributed by atoms with Crippen LogP contribution in [-0.2, 0) is 5.75 Å². The number of amides is 1. The molecule has 1 N–H and O–H groups in total. The maximum atomic E-state index is 12.4. The minimum Gasteiger partial charge on any atom is -0.350 e. The third-order valence-electron chi connectivity index (χ3n) is 3.91. The number of thioether (sulfide) groups is 1. The maximum absolute atomic E-state index is 12.4. The zero-order valence-electron chi connectivity index (χ0n) is 15.0. The molecular weight excluding hydrogens is 392 g/mol. The van der Waals surface area contributed by atoms with Crippen LogP contribution >= 0.6 is 23.1 Å². The molecule has 0 aliphatic carbocycles. The van der Waals surface area contributed by atoms with E-state index < -0.39 is 5.91 Å². The van der Waals surface area contributed by atoms with Crippen molar-refractivity contribution < 1.29 is 9.32 Å². The lowest BCUT2D eigenvalue weighted by Crippen LogP contribution is -2.10. The Morgan fingerprint density at radius 3 is 2.68 bits per heavy atom. The zero-order chi connectivity index (χ0) is 19.3. The fourth-order valence-corrected chi connectivity index (χ4v) is 4.14. The molecule has 2 aromatic heterocycles. The molecule has 0 saturated carbocycles. The van der Waals surface area contributed by atoms with Crippen LogP contribution in [0.25, 0.3) is 11.3 Å². The van der Waals surface area contributed by atoms with E-state index in [9.17, 15) is 4.79 Å². The number of rotatable bonds is 6. The van der Waals surface area contributed by atoms with Crippen LogP contribution in [0.5, 0.6) is 0 Å². The summed E-state index contributed by atoms with van der Waals surface area (Å²) in [5.41, 5.74) is 3.87. The van der Waals surface area contributed by atoms with Crippen LogP contribution in [0.2, 0.25) is 0 Å². The first kappa shape index (κ1) is 18.4. The van der Waals surface area contributed by atoms with Crippen molar-refractivity contribution in [2.75, 3.05) is 5.32 Å². The predicted octanol–water partition coefficient (Wildman–Crippen LogP) is 5.05. The lowest BCUT2D eigenvalue weighted by molar-refractivity contribution is 0.0988. The molecule has 0 fully saturated rings. The molecule has 2 heterocycles. The monoisotopic (exact) mass is 408 g/mol. The Balaban J connectivity index is 1.37. The predicted molar refractivity (Wildman–Crippen MR) is 111 cm³/mol. The topological polar surface area (TPSA) is 80.9 Å². The number of hydrogen-bond donors (Lipinski definition) is 1. The van der Waals surface area contributed by atoms with E-state index in [0.717, 1.165) is 21.2 Å². The summed E-state index contributed by atoms with van der Waals surface area (Å²) in [7, 11) is 0. The number of benzene rings is 2. The van der Waals surface area contributed by atoms with Crippen LogP contribution in [0.1, 0.15) is 21.7 Å². The van der Waals surface area contributed by atoms with Crippen molar-refractivity contribution in [2.24, 2.45) is 0 Å². The minimum atomic E-state index is -0.401. The first-order valence-electron chi connectivity index (χ1n) is 8.53. The van der Waals surface area contributed by atoms with Crippen LogP contribution in [-0.4, -0.2) is 21.3 Å². The van der Waals surface area contributed by atoms with Crippen molar-refractivity contribution in [3.63, 3.8) is 0 Å². The molecule has 28 heavy (non-hydrogen) atoms. The molecule has 0 atom stereocenters. The number of aromatic nitrogens is 3. The van der Waals surface area contributed by atoms with Crippen molar-refractivity contribution in [1.29, 1.82) is 0 Å². The highest BCUT2D eigenvalue weighted by molar-refractivity contribution is 8.00. The van der Waals surface area contributed by atoms with Gasteiger partial charge in [-0.05, 0) is 12.5 Å². The molecule has 140 valence electrons. The lowest BCUT2D eigenvalue weighted by atomic mass is 10.1. The van der Waals surface area contributed by atoms with E-state index in [1.165, 1.54) is 16.9 Å².